The first-order valence-corrected chi connectivity index (χ1v) is 7.77. The minimum absolute atomic E-state index is 0.113. The number of rotatable bonds is 3. The summed E-state index contributed by atoms with van der Waals surface area (Å²) in [5.74, 6) is -0.319. The second kappa shape index (κ2) is 5.69. The van der Waals surface area contributed by atoms with Gasteiger partial charge in [-0.25, -0.2) is 9.78 Å². The van der Waals surface area contributed by atoms with Gasteiger partial charge in [-0.05, 0) is 34.7 Å². The molecule has 0 N–H and O–H groups in total. The molecule has 1 aromatic heterocycles. The number of hydrogen-bond donors (Lipinski definition) is 0. The van der Waals surface area contributed by atoms with Gasteiger partial charge in [-0.2, -0.15) is 0 Å². The van der Waals surface area contributed by atoms with E-state index in [-0.39, 0.29) is 11.5 Å². The van der Waals surface area contributed by atoms with Crippen LogP contribution in [0.25, 0.3) is 0 Å². The smallest absolute Gasteiger partial charge is 0.358 e. The number of esters is 1. The third-order valence-corrected chi connectivity index (χ3v) is 4.87. The molecule has 1 aromatic rings. The largest absolute Gasteiger partial charge is 0.461 e. The van der Waals surface area contributed by atoms with E-state index in [0.717, 1.165) is 29.6 Å². The van der Waals surface area contributed by atoms with Crippen LogP contribution in [0.15, 0.2) is 0 Å². The summed E-state index contributed by atoms with van der Waals surface area (Å²) in [6.07, 6.45) is 0. The Morgan fingerprint density at radius 2 is 2.15 bits per heavy atom. The van der Waals surface area contributed by atoms with Gasteiger partial charge in [0.2, 0.25) is 0 Å². The minimum atomic E-state index is -0.319. The molecule has 1 saturated heterocycles. The van der Waals surface area contributed by atoms with Crippen LogP contribution in [-0.2, 0) is 4.74 Å². The molecule has 1 fully saturated rings. The topological polar surface area (TPSA) is 45.7 Å². The van der Waals surface area contributed by atoms with Gasteiger partial charge in [0.1, 0.15) is 0 Å². The molecule has 20 heavy (non-hydrogen) atoms. The molecular weight excluding hydrogens is 274 g/mol. The SMILES string of the molecule is CCOC(=O)c1nc(N2CCN(C)C(C)(C)C2)sc1C. The van der Waals surface area contributed by atoms with Crippen molar-refractivity contribution in [3.05, 3.63) is 10.6 Å². The third-order valence-electron chi connectivity index (χ3n) is 3.84. The zero-order chi connectivity index (χ0) is 14.9. The van der Waals surface area contributed by atoms with E-state index in [1.165, 1.54) is 0 Å². The molecule has 0 amide bonds. The molecule has 0 bridgehead atoms. The molecule has 2 rings (SSSR count). The normalized spacial score (nSPS) is 19.1. The lowest BCUT2D eigenvalue weighted by atomic mass is 10.0. The summed E-state index contributed by atoms with van der Waals surface area (Å²) in [7, 11) is 2.15. The molecule has 0 saturated carbocycles. The van der Waals surface area contributed by atoms with E-state index in [9.17, 15) is 4.79 Å². The summed E-state index contributed by atoms with van der Waals surface area (Å²) >= 11 is 1.57. The Morgan fingerprint density at radius 3 is 2.75 bits per heavy atom. The molecule has 0 aliphatic carbocycles. The van der Waals surface area contributed by atoms with E-state index in [1.54, 1.807) is 11.3 Å². The average molecular weight is 297 g/mol. The van der Waals surface area contributed by atoms with Gasteiger partial charge in [-0.15, -0.1) is 11.3 Å². The van der Waals surface area contributed by atoms with Crippen LogP contribution >= 0.6 is 11.3 Å². The van der Waals surface area contributed by atoms with Crippen molar-refractivity contribution >= 4 is 22.4 Å². The summed E-state index contributed by atoms with van der Waals surface area (Å²) in [5, 5.41) is 0.923. The van der Waals surface area contributed by atoms with Crippen LogP contribution in [-0.4, -0.2) is 54.7 Å². The highest BCUT2D eigenvalue weighted by Gasteiger charge is 2.32. The quantitative estimate of drug-likeness (QED) is 0.800. The lowest BCUT2D eigenvalue weighted by molar-refractivity contribution is 0.0519. The van der Waals surface area contributed by atoms with Crippen molar-refractivity contribution in [2.75, 3.05) is 38.2 Å². The van der Waals surface area contributed by atoms with Gasteiger partial charge in [0.25, 0.3) is 0 Å². The van der Waals surface area contributed by atoms with Gasteiger partial charge >= 0.3 is 5.97 Å². The fourth-order valence-electron chi connectivity index (χ4n) is 2.31. The van der Waals surface area contributed by atoms with Crippen LogP contribution in [0.4, 0.5) is 5.13 Å². The van der Waals surface area contributed by atoms with Gasteiger partial charge in [0.05, 0.1) is 6.61 Å². The van der Waals surface area contributed by atoms with Crippen molar-refractivity contribution in [2.24, 2.45) is 0 Å². The fourth-order valence-corrected chi connectivity index (χ4v) is 3.23. The molecule has 112 valence electrons. The number of likely N-dealkylation sites (N-methyl/N-ethyl adjacent to an activating group) is 1. The molecule has 0 aromatic carbocycles. The van der Waals surface area contributed by atoms with Crippen LogP contribution in [0, 0.1) is 6.92 Å². The third kappa shape index (κ3) is 2.96. The van der Waals surface area contributed by atoms with E-state index < -0.39 is 0 Å². The predicted octanol–water partition coefficient (Wildman–Crippen LogP) is 2.16. The number of thiazole rings is 1. The van der Waals surface area contributed by atoms with Crippen LogP contribution in [0.1, 0.15) is 36.1 Å². The Bertz CT molecular complexity index is 499. The molecule has 1 aliphatic rings. The highest BCUT2D eigenvalue weighted by molar-refractivity contribution is 7.15. The van der Waals surface area contributed by atoms with Gasteiger partial charge in [0.15, 0.2) is 10.8 Å². The Labute approximate surface area is 124 Å². The van der Waals surface area contributed by atoms with Crippen LogP contribution in [0.3, 0.4) is 0 Å². The molecule has 2 heterocycles. The molecule has 0 unspecified atom stereocenters. The van der Waals surface area contributed by atoms with E-state index in [1.807, 2.05) is 13.8 Å². The first-order valence-electron chi connectivity index (χ1n) is 6.96. The number of hydrogen-bond acceptors (Lipinski definition) is 6. The number of carbonyl (C=O) groups excluding carboxylic acids is 1. The Hall–Kier alpha value is -1.14. The summed E-state index contributed by atoms with van der Waals surface area (Å²) in [5.41, 5.74) is 0.575. The maximum Gasteiger partial charge on any atom is 0.358 e. The van der Waals surface area contributed by atoms with E-state index in [4.69, 9.17) is 4.74 Å². The van der Waals surface area contributed by atoms with Gasteiger partial charge in [-0.1, -0.05) is 0 Å². The highest BCUT2D eigenvalue weighted by atomic mass is 32.1. The number of piperazine rings is 1. The zero-order valence-corrected chi connectivity index (χ0v) is 13.7. The van der Waals surface area contributed by atoms with Crippen molar-refractivity contribution in [3.8, 4) is 0 Å². The van der Waals surface area contributed by atoms with Crippen LogP contribution in [0.2, 0.25) is 0 Å². The van der Waals surface area contributed by atoms with Crippen molar-refractivity contribution in [2.45, 2.75) is 33.2 Å². The van der Waals surface area contributed by atoms with Crippen LogP contribution in [0.5, 0.6) is 0 Å². The lowest BCUT2D eigenvalue weighted by Gasteiger charge is -2.45. The standard InChI is InChI=1S/C14H23N3O2S/c1-6-19-12(18)11-10(2)20-13(15-11)17-8-7-16(5)14(3,4)9-17/h6-9H2,1-5H3. The highest BCUT2D eigenvalue weighted by Crippen LogP contribution is 2.30. The van der Waals surface area contributed by atoms with Crippen molar-refractivity contribution in [1.82, 2.24) is 9.88 Å². The number of anilines is 1. The van der Waals surface area contributed by atoms with Gasteiger partial charge < -0.3 is 9.64 Å². The maximum absolute atomic E-state index is 11.8. The van der Waals surface area contributed by atoms with Gasteiger partial charge in [-0.3, -0.25) is 4.90 Å². The number of carbonyl (C=O) groups is 1. The van der Waals surface area contributed by atoms with E-state index in [0.29, 0.717) is 12.3 Å². The number of ether oxygens (including phenoxy) is 1. The summed E-state index contributed by atoms with van der Waals surface area (Å²) < 4.78 is 5.05. The summed E-state index contributed by atoms with van der Waals surface area (Å²) in [6.45, 7) is 11.4. The molecular formula is C14H23N3O2S. The predicted molar refractivity (Wildman–Crippen MR) is 81.7 cm³/mol. The Morgan fingerprint density at radius 1 is 1.45 bits per heavy atom. The van der Waals surface area contributed by atoms with E-state index >= 15 is 0 Å². The van der Waals surface area contributed by atoms with E-state index in [2.05, 4.69) is 35.7 Å². The minimum Gasteiger partial charge on any atom is -0.461 e. The molecule has 5 nitrogen and oxygen atoms in total. The number of nitrogens with zero attached hydrogens (tertiary/aromatic N) is 3. The Balaban J connectivity index is 2.18. The lowest BCUT2D eigenvalue weighted by Crippen LogP contribution is -2.57. The summed E-state index contributed by atoms with van der Waals surface area (Å²) in [6, 6.07) is 0. The molecule has 0 atom stereocenters. The summed E-state index contributed by atoms with van der Waals surface area (Å²) in [4.78, 5) is 21.9. The van der Waals surface area contributed by atoms with Crippen LogP contribution < -0.4 is 4.90 Å². The average Bonchev–Trinajstić information content (AvgIpc) is 2.75. The van der Waals surface area contributed by atoms with Crippen molar-refractivity contribution < 1.29 is 9.53 Å². The number of aryl methyl sites for hydroxylation is 1. The van der Waals surface area contributed by atoms with Crippen molar-refractivity contribution in [1.29, 1.82) is 0 Å². The molecule has 0 radical (unpaired) electrons. The maximum atomic E-state index is 11.8. The Kier molecular flexibility index (Phi) is 4.34. The fraction of sp³-hybridized carbons (Fsp3) is 0.714. The second-order valence-corrected chi connectivity index (χ2v) is 6.96. The molecule has 0 spiro atoms. The van der Waals surface area contributed by atoms with Gasteiger partial charge in [0, 0.05) is 30.1 Å². The number of aromatic nitrogens is 1. The first kappa shape index (κ1) is 15.3. The van der Waals surface area contributed by atoms with Crippen molar-refractivity contribution in [3.63, 3.8) is 0 Å². The zero-order valence-electron chi connectivity index (χ0n) is 12.9. The first-order chi connectivity index (χ1) is 9.35. The monoisotopic (exact) mass is 297 g/mol. The molecule has 6 heteroatoms. The second-order valence-electron chi connectivity index (χ2n) is 5.78. The molecule has 1 aliphatic heterocycles.